The summed E-state index contributed by atoms with van der Waals surface area (Å²) >= 11 is 0. The lowest BCUT2D eigenvalue weighted by Gasteiger charge is -2.12. The number of sulfone groups is 1. The monoisotopic (exact) mass is 278 g/mol. The second kappa shape index (κ2) is 5.72. The molecule has 4 nitrogen and oxygen atoms in total. The van der Waals surface area contributed by atoms with E-state index < -0.39 is 9.84 Å². The fourth-order valence-corrected chi connectivity index (χ4v) is 3.28. The molecule has 102 valence electrons. The Morgan fingerprint density at radius 2 is 2.21 bits per heavy atom. The van der Waals surface area contributed by atoms with Crippen molar-refractivity contribution in [3.8, 4) is 6.07 Å². The smallest absolute Gasteiger partial charge is 0.179 e. The molecular formula is C14H18N2O2S. The first-order chi connectivity index (χ1) is 9.03. The van der Waals surface area contributed by atoms with E-state index in [9.17, 15) is 8.42 Å². The molecule has 5 heteroatoms. The Balaban J connectivity index is 1.95. The first-order valence-corrected chi connectivity index (χ1v) is 8.14. The summed E-state index contributed by atoms with van der Waals surface area (Å²) in [5.74, 6) is 0.781. The van der Waals surface area contributed by atoms with Gasteiger partial charge < -0.3 is 5.32 Å². The molecule has 0 aromatic heterocycles. The van der Waals surface area contributed by atoms with Gasteiger partial charge in [-0.3, -0.25) is 0 Å². The highest BCUT2D eigenvalue weighted by Gasteiger charge is 2.27. The molecule has 19 heavy (non-hydrogen) atoms. The van der Waals surface area contributed by atoms with Crippen LogP contribution in [0.1, 0.15) is 25.3 Å². The van der Waals surface area contributed by atoms with Crippen LogP contribution >= 0.6 is 0 Å². The lowest BCUT2D eigenvalue weighted by molar-refractivity contribution is 0.509. The number of nitrogens with zero attached hydrogens (tertiary/aromatic N) is 1. The van der Waals surface area contributed by atoms with E-state index in [0.717, 1.165) is 0 Å². The minimum Gasteiger partial charge on any atom is -0.313 e. The van der Waals surface area contributed by atoms with Crippen LogP contribution in [0.25, 0.3) is 0 Å². The van der Waals surface area contributed by atoms with Gasteiger partial charge in [-0.25, -0.2) is 8.42 Å². The van der Waals surface area contributed by atoms with Gasteiger partial charge in [0, 0.05) is 12.6 Å². The van der Waals surface area contributed by atoms with Crippen molar-refractivity contribution >= 4 is 9.84 Å². The van der Waals surface area contributed by atoms with Crippen LogP contribution in [0.15, 0.2) is 29.2 Å². The SMILES string of the molecule is CC(NCCS(=O)(=O)c1cccc(C#N)c1)C1CC1. The van der Waals surface area contributed by atoms with Crippen LogP contribution in [-0.4, -0.2) is 26.8 Å². The van der Waals surface area contributed by atoms with Crippen LogP contribution < -0.4 is 5.32 Å². The molecule has 1 N–H and O–H groups in total. The van der Waals surface area contributed by atoms with Gasteiger partial charge in [0.25, 0.3) is 0 Å². The van der Waals surface area contributed by atoms with E-state index in [1.54, 1.807) is 18.2 Å². The molecule has 1 aliphatic rings. The van der Waals surface area contributed by atoms with E-state index in [4.69, 9.17) is 5.26 Å². The third-order valence-corrected chi connectivity index (χ3v) is 5.20. The van der Waals surface area contributed by atoms with Crippen LogP contribution in [-0.2, 0) is 9.84 Å². The minimum atomic E-state index is -3.31. The Labute approximate surface area is 114 Å². The fraction of sp³-hybridized carbons (Fsp3) is 0.500. The molecule has 1 fully saturated rings. The van der Waals surface area contributed by atoms with E-state index in [-0.39, 0.29) is 10.6 Å². The van der Waals surface area contributed by atoms with Crippen molar-refractivity contribution in [2.45, 2.75) is 30.7 Å². The normalized spacial score (nSPS) is 16.8. The van der Waals surface area contributed by atoms with E-state index in [2.05, 4.69) is 12.2 Å². The predicted octanol–water partition coefficient (Wildman–Crippen LogP) is 1.72. The molecule has 0 saturated heterocycles. The van der Waals surface area contributed by atoms with Gasteiger partial charge in [0.05, 0.1) is 22.3 Å². The van der Waals surface area contributed by atoms with Gasteiger partial charge in [0.15, 0.2) is 9.84 Å². The lowest BCUT2D eigenvalue weighted by atomic mass is 10.2. The summed E-state index contributed by atoms with van der Waals surface area (Å²) in [6.45, 7) is 2.55. The summed E-state index contributed by atoms with van der Waals surface area (Å²) in [7, 11) is -3.31. The maximum atomic E-state index is 12.1. The van der Waals surface area contributed by atoms with Gasteiger partial charge in [0.2, 0.25) is 0 Å². The van der Waals surface area contributed by atoms with Gasteiger partial charge in [-0.15, -0.1) is 0 Å². The number of nitrogens with one attached hydrogen (secondary N) is 1. The van der Waals surface area contributed by atoms with Crippen LogP contribution in [0.2, 0.25) is 0 Å². The van der Waals surface area contributed by atoms with Crippen molar-refractivity contribution in [3.63, 3.8) is 0 Å². The van der Waals surface area contributed by atoms with Crippen LogP contribution in [0.4, 0.5) is 0 Å². The van der Waals surface area contributed by atoms with E-state index in [1.165, 1.54) is 18.9 Å². The average molecular weight is 278 g/mol. The Morgan fingerprint density at radius 3 is 2.84 bits per heavy atom. The third-order valence-electron chi connectivity index (χ3n) is 3.49. The summed E-state index contributed by atoms with van der Waals surface area (Å²) in [5.41, 5.74) is 0.375. The van der Waals surface area contributed by atoms with E-state index in [0.29, 0.717) is 24.1 Å². The largest absolute Gasteiger partial charge is 0.313 e. The van der Waals surface area contributed by atoms with Crippen molar-refractivity contribution in [2.75, 3.05) is 12.3 Å². The molecule has 1 aromatic carbocycles. The Hall–Kier alpha value is -1.38. The second-order valence-corrected chi connectivity index (χ2v) is 7.15. The average Bonchev–Trinajstić information content (AvgIpc) is 3.23. The maximum Gasteiger partial charge on any atom is 0.179 e. The Morgan fingerprint density at radius 1 is 1.47 bits per heavy atom. The van der Waals surface area contributed by atoms with Gasteiger partial charge in [-0.05, 0) is 43.9 Å². The van der Waals surface area contributed by atoms with Crippen LogP contribution in [0.3, 0.4) is 0 Å². The molecule has 1 atom stereocenters. The summed E-state index contributed by atoms with van der Waals surface area (Å²) < 4.78 is 24.2. The van der Waals surface area contributed by atoms with Gasteiger partial charge in [-0.1, -0.05) is 6.07 Å². The Bertz CT molecular complexity index is 586. The third kappa shape index (κ3) is 3.79. The second-order valence-electron chi connectivity index (χ2n) is 5.04. The van der Waals surface area contributed by atoms with Gasteiger partial charge in [-0.2, -0.15) is 5.26 Å². The zero-order valence-corrected chi connectivity index (χ0v) is 11.8. The fourth-order valence-electron chi connectivity index (χ4n) is 2.06. The van der Waals surface area contributed by atoms with Gasteiger partial charge in [0.1, 0.15) is 0 Å². The highest BCUT2D eigenvalue weighted by Crippen LogP contribution is 2.32. The number of hydrogen-bond acceptors (Lipinski definition) is 4. The summed E-state index contributed by atoms with van der Waals surface area (Å²) in [6, 6.07) is 8.53. The molecule has 1 aliphatic carbocycles. The van der Waals surface area contributed by atoms with Crippen LogP contribution in [0, 0.1) is 17.2 Å². The van der Waals surface area contributed by atoms with Crippen molar-refractivity contribution in [1.29, 1.82) is 5.26 Å². The summed E-state index contributed by atoms with van der Waals surface area (Å²) in [4.78, 5) is 0.229. The molecule has 1 saturated carbocycles. The van der Waals surface area contributed by atoms with E-state index >= 15 is 0 Å². The first kappa shape index (κ1) is 14.0. The van der Waals surface area contributed by atoms with Gasteiger partial charge >= 0.3 is 0 Å². The molecule has 1 aromatic rings. The molecule has 0 bridgehead atoms. The molecule has 2 rings (SSSR count). The number of rotatable bonds is 6. The molecule has 0 amide bonds. The van der Waals surface area contributed by atoms with Crippen molar-refractivity contribution in [2.24, 2.45) is 5.92 Å². The van der Waals surface area contributed by atoms with E-state index in [1.807, 2.05) is 6.07 Å². The first-order valence-electron chi connectivity index (χ1n) is 6.49. The zero-order valence-electron chi connectivity index (χ0n) is 11.0. The van der Waals surface area contributed by atoms with Crippen molar-refractivity contribution in [1.82, 2.24) is 5.32 Å². The minimum absolute atomic E-state index is 0.0684. The molecule has 1 unspecified atom stereocenters. The van der Waals surface area contributed by atoms with Crippen molar-refractivity contribution < 1.29 is 8.42 Å². The summed E-state index contributed by atoms with van der Waals surface area (Å²) in [6.07, 6.45) is 2.48. The lowest BCUT2D eigenvalue weighted by Crippen LogP contribution is -2.32. The number of hydrogen-bond donors (Lipinski definition) is 1. The molecule has 0 radical (unpaired) electrons. The topological polar surface area (TPSA) is 70.0 Å². The molecule has 0 aliphatic heterocycles. The predicted molar refractivity (Wildman–Crippen MR) is 73.4 cm³/mol. The standard InChI is InChI=1S/C14H18N2O2S/c1-11(13-5-6-13)16-7-8-19(17,18)14-4-2-3-12(9-14)10-15/h2-4,9,11,13,16H,5-8H2,1H3. The zero-order chi connectivity index (χ0) is 13.9. The maximum absolute atomic E-state index is 12.1. The highest BCUT2D eigenvalue weighted by atomic mass is 32.2. The summed E-state index contributed by atoms with van der Waals surface area (Å²) in [5, 5.41) is 12.0. The van der Waals surface area contributed by atoms with Crippen molar-refractivity contribution in [3.05, 3.63) is 29.8 Å². The molecule has 0 heterocycles. The Kier molecular flexibility index (Phi) is 4.23. The highest BCUT2D eigenvalue weighted by molar-refractivity contribution is 7.91. The number of benzene rings is 1. The molecule has 0 spiro atoms. The quantitative estimate of drug-likeness (QED) is 0.860. The number of nitriles is 1. The molecular weight excluding hydrogens is 260 g/mol. The van der Waals surface area contributed by atoms with Crippen LogP contribution in [0.5, 0.6) is 0 Å².